The van der Waals surface area contributed by atoms with E-state index in [0.29, 0.717) is 50.7 Å². The lowest BCUT2D eigenvalue weighted by Gasteiger charge is -2.24. The first-order valence-electron chi connectivity index (χ1n) is 18.4. The fourth-order valence-electron chi connectivity index (χ4n) is 5.30. The minimum absolute atomic E-state index is 0.151. The van der Waals surface area contributed by atoms with Crippen LogP contribution < -0.4 is 25.0 Å². The van der Waals surface area contributed by atoms with Gasteiger partial charge in [0.05, 0.1) is 19.5 Å². The highest BCUT2D eigenvalue weighted by molar-refractivity contribution is 7.88. The van der Waals surface area contributed by atoms with Crippen LogP contribution in [0.2, 0.25) is 0 Å². The number of nitrogens with zero attached hydrogens (tertiary/aromatic N) is 1. The zero-order valence-electron chi connectivity index (χ0n) is 32.2. The van der Waals surface area contributed by atoms with Gasteiger partial charge in [0.15, 0.2) is 0 Å². The van der Waals surface area contributed by atoms with Crippen molar-refractivity contribution in [1.82, 2.24) is 10.0 Å². The van der Waals surface area contributed by atoms with Crippen LogP contribution >= 0.6 is 0 Å². The van der Waals surface area contributed by atoms with E-state index in [2.05, 4.69) is 61.2 Å². The van der Waals surface area contributed by atoms with Crippen LogP contribution in [0.1, 0.15) is 99.5 Å². The van der Waals surface area contributed by atoms with Crippen LogP contribution in [0.3, 0.4) is 0 Å². The predicted molar refractivity (Wildman–Crippen MR) is 211 cm³/mol. The minimum atomic E-state index is -3.22. The van der Waals surface area contributed by atoms with Crippen LogP contribution in [-0.2, 0) is 36.1 Å². The number of carbonyl (C=O) groups excluding carboxylic acids is 1. The third kappa shape index (κ3) is 21.6. The molecule has 0 fully saturated rings. The van der Waals surface area contributed by atoms with Gasteiger partial charge in [-0.15, -0.1) is 0 Å². The van der Waals surface area contributed by atoms with Gasteiger partial charge in [0.1, 0.15) is 18.3 Å². The highest BCUT2D eigenvalue weighted by Gasteiger charge is 2.14. The third-order valence-electron chi connectivity index (χ3n) is 8.07. The molecule has 52 heavy (non-hydrogen) atoms. The highest BCUT2D eigenvalue weighted by Crippen LogP contribution is 2.25. The Morgan fingerprint density at radius 2 is 1.52 bits per heavy atom. The number of unbranched alkanes of at least 4 members (excludes halogenated alkanes) is 9. The zero-order valence-corrected chi connectivity index (χ0v) is 33.0. The second-order valence-electron chi connectivity index (χ2n) is 12.3. The van der Waals surface area contributed by atoms with E-state index < -0.39 is 10.0 Å². The molecule has 0 unspecified atom stereocenters. The number of benzene rings is 2. The summed E-state index contributed by atoms with van der Waals surface area (Å²) in [6, 6.07) is 11.9. The van der Waals surface area contributed by atoms with E-state index in [9.17, 15) is 13.2 Å². The number of carbonyl (C=O) groups is 1. The van der Waals surface area contributed by atoms with Gasteiger partial charge in [-0.2, -0.15) is 0 Å². The number of hydrogen-bond acceptors (Lipinski definition) is 10. The molecule has 0 aliphatic carbocycles. The summed E-state index contributed by atoms with van der Waals surface area (Å²) in [4.78, 5) is 23.4. The number of likely N-dealkylation sites (N-methyl/N-ethyl adjacent to an activating group) is 1. The SMILES string of the molecule is C=COOOC=C.CCCCCCCCCCCCOc1ccc(CNc2ccc(N(CC)CCNS(C)(=O)=O)cc2C)c(C(=O)NCCOC)c1. The highest BCUT2D eigenvalue weighted by atomic mass is 32.2. The van der Waals surface area contributed by atoms with Crippen molar-refractivity contribution in [1.29, 1.82) is 0 Å². The molecule has 2 aromatic carbocycles. The summed E-state index contributed by atoms with van der Waals surface area (Å²) in [5, 5.41) is 10.3. The van der Waals surface area contributed by atoms with Crippen molar-refractivity contribution in [3.8, 4) is 5.75 Å². The second-order valence-corrected chi connectivity index (χ2v) is 14.1. The summed E-state index contributed by atoms with van der Waals surface area (Å²) >= 11 is 0. The van der Waals surface area contributed by atoms with E-state index in [-0.39, 0.29) is 5.91 Å². The molecule has 0 radical (unpaired) electrons. The lowest BCUT2D eigenvalue weighted by atomic mass is 10.1. The molecule has 2 rings (SSSR count). The van der Waals surface area contributed by atoms with Crippen molar-refractivity contribution in [3.63, 3.8) is 0 Å². The topological polar surface area (TPSA) is 137 Å². The Morgan fingerprint density at radius 1 is 0.865 bits per heavy atom. The number of nitrogens with one attached hydrogen (secondary N) is 3. The summed E-state index contributed by atoms with van der Waals surface area (Å²) in [7, 11) is -1.61. The van der Waals surface area contributed by atoms with E-state index in [0.717, 1.165) is 54.4 Å². The lowest BCUT2D eigenvalue weighted by molar-refractivity contribution is -0.464. The first kappa shape index (κ1) is 46.2. The normalized spacial score (nSPS) is 10.8. The Balaban J connectivity index is 0.00000174. The van der Waals surface area contributed by atoms with Crippen molar-refractivity contribution in [2.24, 2.45) is 0 Å². The molecule has 0 heterocycles. The van der Waals surface area contributed by atoms with Crippen molar-refractivity contribution in [2.45, 2.75) is 91.5 Å². The van der Waals surface area contributed by atoms with Gasteiger partial charge in [-0.1, -0.05) is 83.9 Å². The van der Waals surface area contributed by atoms with Crippen molar-refractivity contribution in [2.75, 3.05) is 63.0 Å². The van der Waals surface area contributed by atoms with Crippen LogP contribution in [-0.4, -0.2) is 67.1 Å². The molecule has 0 saturated heterocycles. The number of sulfonamides is 1. The summed E-state index contributed by atoms with van der Waals surface area (Å²) in [6.07, 6.45) is 16.1. The number of rotatable bonds is 29. The predicted octanol–water partition coefficient (Wildman–Crippen LogP) is 7.81. The van der Waals surface area contributed by atoms with Gasteiger partial charge in [0.25, 0.3) is 5.91 Å². The van der Waals surface area contributed by atoms with E-state index in [1.807, 2.05) is 44.2 Å². The maximum atomic E-state index is 13.1. The number of anilines is 2. The summed E-state index contributed by atoms with van der Waals surface area (Å²) in [6.45, 7) is 16.4. The number of ether oxygens (including phenoxy) is 2. The molecule has 13 heteroatoms. The minimum Gasteiger partial charge on any atom is -0.494 e. The van der Waals surface area contributed by atoms with Crippen molar-refractivity contribution >= 4 is 27.3 Å². The number of amides is 1. The first-order chi connectivity index (χ1) is 25.1. The Kier molecular flexibility index (Phi) is 25.6. The summed E-state index contributed by atoms with van der Waals surface area (Å²) in [5.41, 5.74) is 4.52. The first-order valence-corrected chi connectivity index (χ1v) is 20.3. The average molecular weight is 749 g/mol. The lowest BCUT2D eigenvalue weighted by Crippen LogP contribution is -2.34. The quantitative estimate of drug-likeness (QED) is 0.0327. The van der Waals surface area contributed by atoms with Crippen LogP contribution in [0, 0.1) is 6.92 Å². The Morgan fingerprint density at radius 3 is 2.10 bits per heavy atom. The van der Waals surface area contributed by atoms with Gasteiger partial charge < -0.3 is 34.8 Å². The van der Waals surface area contributed by atoms with E-state index in [1.165, 1.54) is 57.6 Å². The van der Waals surface area contributed by atoms with E-state index in [4.69, 9.17) is 9.47 Å². The standard InChI is InChI=1S/C35H58N4O5S.C4H6O3/c1-6-8-9-10-11-12-13-14-15-16-24-44-32-19-17-30(33(27-32)35(40)36-22-25-43-4)28-37-34-20-18-31(26-29(34)3)39(7-2)23-21-38-45(5,41)42;1-3-5-7-6-4-2/h17-20,26-27,37-38H,6-16,21-25,28H2,1-5H3,(H,36,40);3-4H,1-2H2. The van der Waals surface area contributed by atoms with E-state index >= 15 is 0 Å². The molecule has 294 valence electrons. The second kappa shape index (κ2) is 28.8. The van der Waals surface area contributed by atoms with Crippen molar-refractivity contribution in [3.05, 3.63) is 78.8 Å². The molecule has 3 N–H and O–H groups in total. The summed E-state index contributed by atoms with van der Waals surface area (Å²) < 4.78 is 36.6. The molecule has 0 bridgehead atoms. The molecule has 0 spiro atoms. The van der Waals surface area contributed by atoms with Gasteiger partial charge >= 0.3 is 0 Å². The van der Waals surface area contributed by atoms with Crippen LogP contribution in [0.5, 0.6) is 5.75 Å². The molecular weight excluding hydrogens is 685 g/mol. The Hall–Kier alpha value is -3.78. The number of hydrogen-bond donors (Lipinski definition) is 3. The maximum Gasteiger partial charge on any atom is 0.251 e. The average Bonchev–Trinajstić information content (AvgIpc) is 3.12. The van der Waals surface area contributed by atoms with Crippen LogP contribution in [0.4, 0.5) is 11.4 Å². The Bertz CT molecular complexity index is 1380. The molecule has 0 atom stereocenters. The molecule has 0 aromatic heterocycles. The molecular formula is C39H64N4O8S. The number of methoxy groups -OCH3 is 1. The monoisotopic (exact) mass is 748 g/mol. The largest absolute Gasteiger partial charge is 0.494 e. The maximum absolute atomic E-state index is 13.1. The fourth-order valence-corrected chi connectivity index (χ4v) is 5.76. The van der Waals surface area contributed by atoms with Crippen molar-refractivity contribution < 1.29 is 37.5 Å². The van der Waals surface area contributed by atoms with Gasteiger partial charge in [-0.25, -0.2) is 13.1 Å². The Labute approximate surface area is 313 Å². The molecule has 0 aliphatic heterocycles. The molecule has 1 amide bonds. The fraction of sp³-hybridized carbons (Fsp3) is 0.564. The van der Waals surface area contributed by atoms with Gasteiger partial charge in [0.2, 0.25) is 10.0 Å². The summed E-state index contributed by atoms with van der Waals surface area (Å²) in [5.74, 6) is 0.554. The van der Waals surface area contributed by atoms with Gasteiger partial charge in [-0.3, -0.25) is 4.79 Å². The molecule has 0 aliphatic rings. The zero-order chi connectivity index (χ0) is 38.5. The van der Waals surface area contributed by atoms with Gasteiger partial charge in [0, 0.05) is 61.8 Å². The van der Waals surface area contributed by atoms with Gasteiger partial charge in [-0.05, 0) is 61.7 Å². The molecule has 12 nitrogen and oxygen atoms in total. The number of aryl methyl sites for hydroxylation is 1. The smallest absolute Gasteiger partial charge is 0.251 e. The third-order valence-corrected chi connectivity index (χ3v) is 8.80. The van der Waals surface area contributed by atoms with Crippen LogP contribution in [0.25, 0.3) is 0 Å². The molecule has 2 aromatic rings. The van der Waals surface area contributed by atoms with Crippen LogP contribution in [0.15, 0.2) is 62.1 Å². The van der Waals surface area contributed by atoms with E-state index in [1.54, 1.807) is 7.11 Å². The molecule has 0 saturated carbocycles.